The van der Waals surface area contributed by atoms with E-state index in [0.717, 1.165) is 6.21 Å². The lowest BCUT2D eigenvalue weighted by atomic mass is 10.3. The molecule has 52 valence electrons. The molecule has 0 aliphatic carbocycles. The van der Waals surface area contributed by atoms with Crippen molar-refractivity contribution in [3.05, 3.63) is 17.6 Å². The smallest absolute Gasteiger partial charge is 0.135 e. The lowest BCUT2D eigenvalue weighted by Gasteiger charge is -1.96. The van der Waals surface area contributed by atoms with Crippen molar-refractivity contribution in [2.45, 2.75) is 6.92 Å². The van der Waals surface area contributed by atoms with Crippen LogP contribution < -0.4 is 5.73 Å². The van der Waals surface area contributed by atoms with Crippen LogP contribution in [-0.2, 0) is 0 Å². The molecule has 0 aliphatic heterocycles. The summed E-state index contributed by atoms with van der Waals surface area (Å²) >= 11 is 0. The summed E-state index contributed by atoms with van der Waals surface area (Å²) in [5.74, 6) is 0.991. The van der Waals surface area contributed by atoms with Gasteiger partial charge >= 0.3 is 0 Å². The van der Waals surface area contributed by atoms with E-state index in [1.165, 1.54) is 6.20 Å². The molecule has 1 heterocycles. The van der Waals surface area contributed by atoms with Crippen molar-refractivity contribution < 1.29 is 0 Å². The van der Waals surface area contributed by atoms with Gasteiger partial charge in [0.05, 0.1) is 5.56 Å². The molecule has 0 aromatic carbocycles. The van der Waals surface area contributed by atoms with Crippen LogP contribution in [0.3, 0.4) is 0 Å². The van der Waals surface area contributed by atoms with E-state index in [-0.39, 0.29) is 0 Å². The quantitative estimate of drug-likeness (QED) is 0.547. The van der Waals surface area contributed by atoms with Gasteiger partial charge < -0.3 is 11.1 Å². The molecule has 4 nitrogen and oxygen atoms in total. The molecule has 10 heavy (non-hydrogen) atoms. The Morgan fingerprint density at radius 2 is 2.40 bits per heavy atom. The largest absolute Gasteiger partial charge is 0.383 e. The standard InChI is InChI=1S/C6H8N4/c1-4-9-3-5(2-7)6(8)10-4/h2-3,7H,1H3,(H2,8,9,10). The zero-order valence-electron chi connectivity index (χ0n) is 5.63. The van der Waals surface area contributed by atoms with Gasteiger partial charge in [-0.1, -0.05) is 0 Å². The number of rotatable bonds is 1. The minimum Gasteiger partial charge on any atom is -0.383 e. The third-order valence-corrected chi connectivity index (χ3v) is 1.12. The Morgan fingerprint density at radius 1 is 1.70 bits per heavy atom. The molecule has 0 amide bonds. The average Bonchev–Trinajstić information content (AvgIpc) is 1.88. The van der Waals surface area contributed by atoms with Crippen LogP contribution >= 0.6 is 0 Å². The first kappa shape index (κ1) is 6.67. The number of anilines is 1. The Labute approximate surface area is 58.6 Å². The summed E-state index contributed by atoms with van der Waals surface area (Å²) in [7, 11) is 0. The van der Waals surface area contributed by atoms with Crippen LogP contribution in [0.2, 0.25) is 0 Å². The zero-order valence-corrected chi connectivity index (χ0v) is 5.63. The van der Waals surface area contributed by atoms with Crippen LogP contribution in [0.5, 0.6) is 0 Å². The van der Waals surface area contributed by atoms with Crippen molar-refractivity contribution in [3.63, 3.8) is 0 Å². The van der Waals surface area contributed by atoms with E-state index in [1.807, 2.05) is 0 Å². The van der Waals surface area contributed by atoms with Crippen LogP contribution in [0.1, 0.15) is 11.4 Å². The first-order valence-corrected chi connectivity index (χ1v) is 2.83. The minimum absolute atomic E-state index is 0.363. The summed E-state index contributed by atoms with van der Waals surface area (Å²) in [6, 6.07) is 0. The van der Waals surface area contributed by atoms with E-state index in [1.54, 1.807) is 6.92 Å². The predicted octanol–water partition coefficient (Wildman–Crippen LogP) is 0.365. The number of hydrogen-bond donors (Lipinski definition) is 2. The van der Waals surface area contributed by atoms with Crippen LogP contribution in [0, 0.1) is 12.3 Å². The van der Waals surface area contributed by atoms with Crippen molar-refractivity contribution in [2.75, 3.05) is 5.73 Å². The number of hydrogen-bond acceptors (Lipinski definition) is 4. The molecule has 0 saturated heterocycles. The molecule has 1 aromatic heterocycles. The fraction of sp³-hybridized carbons (Fsp3) is 0.167. The lowest BCUT2D eigenvalue weighted by molar-refractivity contribution is 1.06. The summed E-state index contributed by atoms with van der Waals surface area (Å²) in [5.41, 5.74) is 5.99. The molecule has 0 radical (unpaired) electrons. The molecule has 0 saturated carbocycles. The maximum Gasteiger partial charge on any atom is 0.135 e. The van der Waals surface area contributed by atoms with Gasteiger partial charge in [-0.05, 0) is 6.92 Å². The molecule has 0 unspecified atom stereocenters. The molecule has 0 atom stereocenters. The second-order valence-corrected chi connectivity index (χ2v) is 1.90. The maximum atomic E-state index is 6.87. The van der Waals surface area contributed by atoms with Gasteiger partial charge in [-0.25, -0.2) is 9.97 Å². The summed E-state index contributed by atoms with van der Waals surface area (Å²) in [5, 5.41) is 6.87. The summed E-state index contributed by atoms with van der Waals surface area (Å²) < 4.78 is 0. The number of nitrogens with one attached hydrogen (secondary N) is 1. The van der Waals surface area contributed by atoms with E-state index in [4.69, 9.17) is 11.1 Å². The summed E-state index contributed by atoms with van der Waals surface area (Å²) in [6.07, 6.45) is 2.67. The number of nitrogens with zero attached hydrogens (tertiary/aromatic N) is 2. The fourth-order valence-corrected chi connectivity index (χ4v) is 0.608. The number of nitrogens with two attached hydrogens (primary N) is 1. The van der Waals surface area contributed by atoms with Crippen molar-refractivity contribution in [1.82, 2.24) is 9.97 Å². The Kier molecular flexibility index (Phi) is 1.62. The predicted molar refractivity (Wildman–Crippen MR) is 39.1 cm³/mol. The van der Waals surface area contributed by atoms with Gasteiger partial charge in [0.25, 0.3) is 0 Å². The van der Waals surface area contributed by atoms with Gasteiger partial charge in [0.1, 0.15) is 11.6 Å². The van der Waals surface area contributed by atoms with Crippen molar-refractivity contribution in [3.8, 4) is 0 Å². The molecule has 0 fully saturated rings. The molecule has 1 aromatic rings. The number of nitrogen functional groups attached to an aromatic ring is 1. The van der Waals surface area contributed by atoms with E-state index >= 15 is 0 Å². The van der Waals surface area contributed by atoms with Crippen LogP contribution in [0.4, 0.5) is 5.82 Å². The van der Waals surface area contributed by atoms with Gasteiger partial charge in [0.15, 0.2) is 0 Å². The molecule has 0 bridgehead atoms. The SMILES string of the molecule is Cc1ncc(C=N)c(N)n1. The van der Waals surface area contributed by atoms with Crippen molar-refractivity contribution in [2.24, 2.45) is 0 Å². The maximum absolute atomic E-state index is 6.87. The fourth-order valence-electron chi connectivity index (χ4n) is 0.608. The lowest BCUT2D eigenvalue weighted by Crippen LogP contribution is -1.99. The molecule has 3 N–H and O–H groups in total. The second kappa shape index (κ2) is 2.43. The molecule has 0 aliphatic rings. The van der Waals surface area contributed by atoms with Crippen LogP contribution in [0.25, 0.3) is 0 Å². The summed E-state index contributed by atoms with van der Waals surface area (Å²) in [6.45, 7) is 1.75. The highest BCUT2D eigenvalue weighted by molar-refractivity contribution is 5.82. The van der Waals surface area contributed by atoms with Gasteiger partial charge in [-0.2, -0.15) is 0 Å². The van der Waals surface area contributed by atoms with Gasteiger partial charge in [0, 0.05) is 12.4 Å². The second-order valence-electron chi connectivity index (χ2n) is 1.90. The van der Waals surface area contributed by atoms with Gasteiger partial charge in [-0.3, -0.25) is 0 Å². The molecular formula is C6H8N4. The van der Waals surface area contributed by atoms with E-state index < -0.39 is 0 Å². The number of aromatic nitrogens is 2. The molecule has 4 heteroatoms. The Morgan fingerprint density at radius 3 is 2.90 bits per heavy atom. The van der Waals surface area contributed by atoms with E-state index in [0.29, 0.717) is 17.2 Å². The van der Waals surface area contributed by atoms with Gasteiger partial charge in [0.2, 0.25) is 0 Å². The zero-order chi connectivity index (χ0) is 7.56. The van der Waals surface area contributed by atoms with Crippen LogP contribution in [0.15, 0.2) is 6.20 Å². The first-order chi connectivity index (χ1) is 4.74. The monoisotopic (exact) mass is 136 g/mol. The van der Waals surface area contributed by atoms with Crippen molar-refractivity contribution >= 4 is 12.0 Å². The highest BCUT2D eigenvalue weighted by Gasteiger charge is 1.95. The molecular weight excluding hydrogens is 128 g/mol. The highest BCUT2D eigenvalue weighted by atomic mass is 14.9. The van der Waals surface area contributed by atoms with Gasteiger partial charge in [-0.15, -0.1) is 0 Å². The molecule has 0 spiro atoms. The Balaban J connectivity index is 3.19. The Hall–Kier alpha value is -1.45. The van der Waals surface area contributed by atoms with Crippen molar-refractivity contribution in [1.29, 1.82) is 5.41 Å². The normalized spacial score (nSPS) is 9.30. The topological polar surface area (TPSA) is 75.7 Å². The average molecular weight is 136 g/mol. The third kappa shape index (κ3) is 1.10. The highest BCUT2D eigenvalue weighted by Crippen LogP contribution is 2.02. The molecule has 1 rings (SSSR count). The Bertz CT molecular complexity index is 256. The minimum atomic E-state index is 0.363. The first-order valence-electron chi connectivity index (χ1n) is 2.83. The van der Waals surface area contributed by atoms with E-state index in [2.05, 4.69) is 9.97 Å². The van der Waals surface area contributed by atoms with Crippen LogP contribution in [-0.4, -0.2) is 16.2 Å². The summed E-state index contributed by atoms with van der Waals surface area (Å²) in [4.78, 5) is 7.73. The number of aryl methyl sites for hydroxylation is 1. The third-order valence-electron chi connectivity index (χ3n) is 1.12. The van der Waals surface area contributed by atoms with E-state index in [9.17, 15) is 0 Å².